The van der Waals surface area contributed by atoms with Crippen LogP contribution >= 0.6 is 0 Å². The van der Waals surface area contributed by atoms with E-state index in [-0.39, 0.29) is 5.97 Å². The molecule has 1 aliphatic rings. The van der Waals surface area contributed by atoms with Crippen LogP contribution in [0.3, 0.4) is 0 Å². The van der Waals surface area contributed by atoms with Crippen LogP contribution < -0.4 is 5.32 Å². The van der Waals surface area contributed by atoms with Crippen molar-refractivity contribution in [3.63, 3.8) is 0 Å². The van der Waals surface area contributed by atoms with Crippen LogP contribution in [-0.4, -0.2) is 77.3 Å². The monoisotopic (exact) mass is 375 g/mol. The van der Waals surface area contributed by atoms with Crippen molar-refractivity contribution < 1.29 is 34.7 Å². The summed E-state index contributed by atoms with van der Waals surface area (Å²) in [7, 11) is 1.36. The minimum atomic E-state index is -1.34. The fourth-order valence-electron chi connectivity index (χ4n) is 2.86. The summed E-state index contributed by atoms with van der Waals surface area (Å²) in [5.74, 6) is -0.322. The van der Waals surface area contributed by atoms with Crippen LogP contribution in [0.15, 0.2) is 12.2 Å². The van der Waals surface area contributed by atoms with Gasteiger partial charge in [0.1, 0.15) is 30.6 Å². The van der Waals surface area contributed by atoms with E-state index >= 15 is 0 Å². The van der Waals surface area contributed by atoms with Gasteiger partial charge < -0.3 is 29.9 Å². The molecule has 1 fully saturated rings. The van der Waals surface area contributed by atoms with Gasteiger partial charge in [-0.1, -0.05) is 31.8 Å². The smallest absolute Gasteiger partial charge is 0.330 e. The number of carbonyl (C=O) groups excluding carboxylic acids is 1. The van der Waals surface area contributed by atoms with Crippen molar-refractivity contribution in [3.05, 3.63) is 12.2 Å². The second-order valence-electron chi connectivity index (χ2n) is 6.54. The van der Waals surface area contributed by atoms with E-state index in [0.717, 1.165) is 44.9 Å². The molecule has 26 heavy (non-hydrogen) atoms. The van der Waals surface area contributed by atoms with Crippen molar-refractivity contribution in [2.75, 3.05) is 20.3 Å². The summed E-state index contributed by atoms with van der Waals surface area (Å²) in [6, 6.07) is 0. The Morgan fingerprint density at radius 3 is 2.35 bits per heavy atom. The Kier molecular flexibility index (Phi) is 11.7. The maximum Gasteiger partial charge on any atom is 0.330 e. The number of esters is 1. The number of aliphatic hydroxyl groups is 4. The van der Waals surface area contributed by atoms with Gasteiger partial charge in [-0.3, -0.25) is 5.32 Å². The highest BCUT2D eigenvalue weighted by atomic mass is 16.6. The average Bonchev–Trinajstić information content (AvgIpc) is 2.65. The molecule has 5 unspecified atom stereocenters. The molecule has 152 valence electrons. The maximum atomic E-state index is 10.9. The number of unbranched alkanes of at least 4 members (excludes halogenated alkanes) is 6. The van der Waals surface area contributed by atoms with Gasteiger partial charge >= 0.3 is 5.97 Å². The van der Waals surface area contributed by atoms with E-state index in [0.29, 0.717) is 6.54 Å². The third-order valence-electron chi connectivity index (χ3n) is 4.49. The van der Waals surface area contributed by atoms with Gasteiger partial charge in [0.15, 0.2) is 0 Å². The van der Waals surface area contributed by atoms with Crippen LogP contribution in [0.25, 0.3) is 0 Å². The molecule has 8 heteroatoms. The van der Waals surface area contributed by atoms with Crippen molar-refractivity contribution in [2.24, 2.45) is 0 Å². The van der Waals surface area contributed by atoms with Crippen LogP contribution in [-0.2, 0) is 14.3 Å². The molecule has 0 saturated carbocycles. The molecule has 0 spiro atoms. The molecule has 5 atom stereocenters. The third kappa shape index (κ3) is 8.11. The molecular weight excluding hydrogens is 342 g/mol. The molecule has 0 radical (unpaired) electrons. The minimum absolute atomic E-state index is 0.322. The largest absolute Gasteiger partial charge is 0.466 e. The lowest BCUT2D eigenvalue weighted by molar-refractivity contribution is -0.236. The van der Waals surface area contributed by atoms with E-state index in [2.05, 4.69) is 10.1 Å². The van der Waals surface area contributed by atoms with Crippen LogP contribution in [0.5, 0.6) is 0 Å². The molecule has 0 amide bonds. The van der Waals surface area contributed by atoms with Crippen LogP contribution in [0.2, 0.25) is 0 Å². The van der Waals surface area contributed by atoms with Crippen LogP contribution in [0, 0.1) is 0 Å². The molecule has 1 heterocycles. The zero-order valence-corrected chi connectivity index (χ0v) is 15.4. The Morgan fingerprint density at radius 1 is 1.04 bits per heavy atom. The molecule has 0 aliphatic carbocycles. The Bertz CT molecular complexity index is 416. The van der Waals surface area contributed by atoms with Gasteiger partial charge in [0, 0.05) is 6.08 Å². The van der Waals surface area contributed by atoms with Gasteiger partial charge in [0.2, 0.25) is 0 Å². The van der Waals surface area contributed by atoms with Gasteiger partial charge in [0.05, 0.1) is 13.7 Å². The normalized spacial score (nSPS) is 29.2. The van der Waals surface area contributed by atoms with E-state index in [1.165, 1.54) is 13.2 Å². The molecule has 0 aromatic rings. The molecule has 5 N–H and O–H groups in total. The lowest BCUT2D eigenvalue weighted by Crippen LogP contribution is -2.62. The molecule has 8 nitrogen and oxygen atoms in total. The molecule has 1 aliphatic heterocycles. The van der Waals surface area contributed by atoms with Gasteiger partial charge in [-0.2, -0.15) is 0 Å². The van der Waals surface area contributed by atoms with Gasteiger partial charge in [-0.15, -0.1) is 0 Å². The Hall–Kier alpha value is -1.03. The Morgan fingerprint density at radius 2 is 1.69 bits per heavy atom. The summed E-state index contributed by atoms with van der Waals surface area (Å²) < 4.78 is 9.89. The van der Waals surface area contributed by atoms with Crippen LogP contribution in [0.1, 0.15) is 44.9 Å². The summed E-state index contributed by atoms with van der Waals surface area (Å²) in [6.45, 7) is 0.197. The summed E-state index contributed by atoms with van der Waals surface area (Å²) in [6.07, 6.45) is 4.86. The first-order valence-electron chi connectivity index (χ1n) is 9.29. The summed E-state index contributed by atoms with van der Waals surface area (Å²) in [4.78, 5) is 10.9. The molecular formula is C18H33NO7. The van der Waals surface area contributed by atoms with E-state index in [1.807, 2.05) is 6.08 Å². The fourth-order valence-corrected chi connectivity index (χ4v) is 2.86. The average molecular weight is 375 g/mol. The minimum Gasteiger partial charge on any atom is -0.466 e. The number of rotatable bonds is 12. The number of hydrogen-bond acceptors (Lipinski definition) is 8. The molecule has 0 bridgehead atoms. The number of methoxy groups -OCH3 is 1. The van der Waals surface area contributed by atoms with Crippen molar-refractivity contribution in [1.82, 2.24) is 5.32 Å². The lowest BCUT2D eigenvalue weighted by Gasteiger charge is -2.40. The number of hydrogen-bond donors (Lipinski definition) is 5. The second kappa shape index (κ2) is 13.2. The number of nitrogens with one attached hydrogen (secondary N) is 1. The van der Waals surface area contributed by atoms with Crippen molar-refractivity contribution in [2.45, 2.75) is 75.6 Å². The number of aliphatic hydroxyl groups excluding tert-OH is 4. The van der Waals surface area contributed by atoms with Crippen LogP contribution in [0.4, 0.5) is 0 Å². The first-order valence-corrected chi connectivity index (χ1v) is 9.29. The first-order chi connectivity index (χ1) is 12.5. The quantitative estimate of drug-likeness (QED) is 0.181. The maximum absolute atomic E-state index is 10.9. The van der Waals surface area contributed by atoms with E-state index in [9.17, 15) is 20.1 Å². The standard InChI is InChI=1S/C18H33NO7/c1-25-14(21)10-8-6-4-2-3-5-7-9-11-19-18-17(24)16(23)15(22)13(12-20)26-18/h8,10,13,15-20,22-24H,2-7,9,11-12H2,1H3/b10-8+. The summed E-state index contributed by atoms with van der Waals surface area (Å²) >= 11 is 0. The van der Waals surface area contributed by atoms with Gasteiger partial charge in [-0.25, -0.2) is 4.79 Å². The van der Waals surface area contributed by atoms with E-state index < -0.39 is 37.3 Å². The predicted octanol–water partition coefficient (Wildman–Crippen LogP) is -0.164. The topological polar surface area (TPSA) is 128 Å². The Balaban J connectivity index is 2.03. The summed E-state index contributed by atoms with van der Waals surface area (Å²) in [5, 5.41) is 41.5. The van der Waals surface area contributed by atoms with Crippen molar-refractivity contribution >= 4 is 5.97 Å². The lowest BCUT2D eigenvalue weighted by atomic mass is 9.98. The zero-order chi connectivity index (χ0) is 19.4. The second-order valence-corrected chi connectivity index (χ2v) is 6.54. The number of ether oxygens (including phenoxy) is 2. The molecule has 1 saturated heterocycles. The number of allylic oxidation sites excluding steroid dienone is 1. The van der Waals surface area contributed by atoms with E-state index in [4.69, 9.17) is 9.84 Å². The molecule has 0 aromatic heterocycles. The highest BCUT2D eigenvalue weighted by molar-refractivity contribution is 5.81. The Labute approximate surface area is 154 Å². The fraction of sp³-hybridized carbons (Fsp3) is 0.833. The van der Waals surface area contributed by atoms with Gasteiger partial charge in [0.25, 0.3) is 0 Å². The van der Waals surface area contributed by atoms with E-state index in [1.54, 1.807) is 0 Å². The van der Waals surface area contributed by atoms with Crippen molar-refractivity contribution in [1.29, 1.82) is 0 Å². The first kappa shape index (κ1) is 23.0. The third-order valence-corrected chi connectivity index (χ3v) is 4.49. The summed E-state index contributed by atoms with van der Waals surface area (Å²) in [5.41, 5.74) is 0. The van der Waals surface area contributed by atoms with Gasteiger partial charge in [-0.05, 0) is 25.8 Å². The molecule has 1 rings (SSSR count). The SMILES string of the molecule is COC(=O)/C=C/CCCCCCCCNC1OC(CO)C(O)C(O)C1O. The molecule has 0 aromatic carbocycles. The predicted molar refractivity (Wildman–Crippen MR) is 95.2 cm³/mol. The van der Waals surface area contributed by atoms with Crippen molar-refractivity contribution in [3.8, 4) is 0 Å². The number of carbonyl (C=O) groups is 1. The highest BCUT2D eigenvalue weighted by Gasteiger charge is 2.42. The zero-order valence-electron chi connectivity index (χ0n) is 15.4. The highest BCUT2D eigenvalue weighted by Crippen LogP contribution is 2.19.